The zero-order valence-electron chi connectivity index (χ0n) is 101. The van der Waals surface area contributed by atoms with Gasteiger partial charge in [0.05, 0.1) is 6.10 Å². The van der Waals surface area contributed by atoms with Crippen molar-refractivity contribution in [3.63, 3.8) is 0 Å². The highest BCUT2D eigenvalue weighted by atomic mass is 19.3. The molecule has 8 atom stereocenters. The lowest BCUT2D eigenvalue weighted by molar-refractivity contribution is -0.138. The van der Waals surface area contributed by atoms with E-state index in [4.69, 9.17) is 20.1 Å². The van der Waals surface area contributed by atoms with Crippen LogP contribution in [-0.4, -0.2) is 71.9 Å². The summed E-state index contributed by atoms with van der Waals surface area (Å²) in [7, 11) is 1.77. The Morgan fingerprint density at radius 3 is 0.827 bits per heavy atom. The first-order chi connectivity index (χ1) is 59.4. The summed E-state index contributed by atoms with van der Waals surface area (Å²) in [5.41, 5.74) is 6.48. The van der Waals surface area contributed by atoms with Gasteiger partial charge in [0.15, 0.2) is 0 Å². The van der Waals surface area contributed by atoms with Crippen molar-refractivity contribution < 1.29 is 42.7 Å². The molecule has 0 radical (unpaired) electrons. The van der Waals surface area contributed by atoms with E-state index in [9.17, 15) is 22.7 Å². The maximum absolute atomic E-state index is 12.8. The Balaban J connectivity index is -0.000000327. The zero-order chi connectivity index (χ0) is 106. The Morgan fingerprint density at radius 1 is 0.346 bits per heavy atom. The molecule has 8 aliphatic carbocycles. The molecule has 7 fully saturated rings. The molecule has 0 aromatic rings. The molecule has 0 aromatic heterocycles. The van der Waals surface area contributed by atoms with E-state index in [0.717, 1.165) is 85.6 Å². The lowest BCUT2D eigenvalue weighted by Crippen LogP contribution is -2.42. The van der Waals surface area contributed by atoms with Crippen LogP contribution in [0.3, 0.4) is 0 Å². The van der Waals surface area contributed by atoms with Crippen molar-refractivity contribution in [2.75, 3.05) is 33.5 Å². The number of hydrogen-bond acceptors (Lipinski definition) is 5. The van der Waals surface area contributed by atoms with Gasteiger partial charge in [-0.3, -0.25) is 0 Å². The minimum Gasteiger partial charge on any atom is -0.396 e. The maximum Gasteiger partial charge on any atom is 0.248 e. The largest absolute Gasteiger partial charge is 0.396 e. The summed E-state index contributed by atoms with van der Waals surface area (Å²) >= 11 is 0. The monoisotopic (exact) mass is 1900 g/mol. The average molecular weight is 1900 g/mol. The Labute approximate surface area is 837 Å². The van der Waals surface area contributed by atoms with Gasteiger partial charge in [0.2, 0.25) is 11.8 Å². The first kappa shape index (κ1) is 143. The molecule has 133 heavy (non-hydrogen) atoms. The smallest absolute Gasteiger partial charge is 0.248 e. The minimum atomic E-state index is -2.37. The van der Waals surface area contributed by atoms with Gasteiger partial charge in [-0.1, -0.05) is 443 Å². The predicted octanol–water partition coefficient (Wildman–Crippen LogP) is 41.1. The van der Waals surface area contributed by atoms with Crippen LogP contribution in [0.4, 0.5) is 17.6 Å². The summed E-state index contributed by atoms with van der Waals surface area (Å²) < 4.78 is 55.3. The van der Waals surface area contributed by atoms with Gasteiger partial charge in [0.1, 0.15) is 0 Å². The van der Waals surface area contributed by atoms with Crippen LogP contribution < -0.4 is 0 Å². The molecule has 8 rings (SSSR count). The Morgan fingerprint density at radius 2 is 0.669 bits per heavy atom. The highest BCUT2D eigenvalue weighted by molar-refractivity contribution is 5.00. The second-order valence-corrected chi connectivity index (χ2v) is 59.2. The Bertz CT molecular complexity index is 2700. The lowest BCUT2D eigenvalue weighted by Gasteiger charge is -2.43. The molecule has 808 valence electrons. The van der Waals surface area contributed by atoms with Crippen LogP contribution in [0.15, 0.2) is 12.2 Å². The van der Waals surface area contributed by atoms with Crippen molar-refractivity contribution in [1.82, 2.24) is 0 Å². The summed E-state index contributed by atoms with van der Waals surface area (Å²) in [4.78, 5) is 0. The minimum absolute atomic E-state index is 0.00593. The molecular formula is C124H254F4O5. The third kappa shape index (κ3) is 72.2. The number of ether oxygens (including phenoxy) is 1. The van der Waals surface area contributed by atoms with Crippen molar-refractivity contribution in [2.45, 2.75) is 590 Å². The molecule has 0 bridgehead atoms. The third-order valence-electron chi connectivity index (χ3n) is 33.0. The number of halogens is 4. The lowest BCUT2D eigenvalue weighted by atomic mass is 9.66. The second-order valence-electron chi connectivity index (χ2n) is 59.2. The van der Waals surface area contributed by atoms with Crippen molar-refractivity contribution in [2.24, 2.45) is 164 Å². The Kier molecular flexibility index (Phi) is 69.0. The van der Waals surface area contributed by atoms with Gasteiger partial charge in [-0.2, -0.15) is 0 Å². The first-order valence-electron chi connectivity index (χ1n) is 55.9. The van der Waals surface area contributed by atoms with E-state index in [2.05, 4.69) is 351 Å². The van der Waals surface area contributed by atoms with Gasteiger partial charge in [0.25, 0.3) is 0 Å². The van der Waals surface area contributed by atoms with Crippen LogP contribution >= 0.6 is 0 Å². The quantitative estimate of drug-likeness (QED) is 0.115. The van der Waals surface area contributed by atoms with Gasteiger partial charge in [0, 0.05) is 59.2 Å². The fraction of sp³-hybridized carbons (Fsp3) is 0.984. The molecule has 0 aliphatic heterocycles. The number of allylic oxidation sites excluding steroid dienone is 2. The molecule has 8 unspecified atom stereocenters. The molecule has 4 N–H and O–H groups in total. The molecule has 0 heterocycles. The van der Waals surface area contributed by atoms with Crippen molar-refractivity contribution in [3.8, 4) is 0 Å². The summed E-state index contributed by atoms with van der Waals surface area (Å²) in [6.45, 7) is 119. The van der Waals surface area contributed by atoms with Crippen molar-refractivity contribution in [3.05, 3.63) is 12.2 Å². The van der Waals surface area contributed by atoms with E-state index in [0.29, 0.717) is 117 Å². The molecule has 8 aliphatic rings. The van der Waals surface area contributed by atoms with Gasteiger partial charge >= 0.3 is 0 Å². The Hall–Kier alpha value is -0.740. The fourth-order valence-corrected chi connectivity index (χ4v) is 19.1. The van der Waals surface area contributed by atoms with E-state index in [-0.39, 0.29) is 64.8 Å². The summed E-state index contributed by atoms with van der Waals surface area (Å²) in [5, 5.41) is 36.1. The first-order valence-corrected chi connectivity index (χ1v) is 55.9. The van der Waals surface area contributed by atoms with Crippen LogP contribution in [0.5, 0.6) is 0 Å². The van der Waals surface area contributed by atoms with Crippen LogP contribution in [0.25, 0.3) is 0 Å². The SMILES string of the molecule is CC(C)(C)C1CC(F)(F)C1.CC(C)(C)C1CC1.CC(C)(C)C1CC=CCC1.CC(C)(C)C1CCC(F)(F)CC1.CC(C)(C)C1CCC(O)CC1.CC(C)(C)C1CCCCC1.CC(C)CC(CO)C(C)(C)C.CC1CCCCC1C(C)(C)C.CCC(C)(C)C.CCC(C)C(C)(C)C.CCC(CO)C(C)(C)C.CCC(CO)C(C)(C)C.CCC(COC)C(C)(C)C.CCC1(C(C)(C)C)CC1. The molecule has 0 spiro atoms. The third-order valence-corrected chi connectivity index (χ3v) is 33.0. The van der Waals surface area contributed by atoms with E-state index >= 15 is 0 Å². The molecule has 0 saturated heterocycles. The number of rotatable bonds is 12. The highest BCUT2D eigenvalue weighted by Crippen LogP contribution is 2.61. The van der Waals surface area contributed by atoms with Crippen molar-refractivity contribution in [1.29, 1.82) is 0 Å². The maximum atomic E-state index is 12.8. The van der Waals surface area contributed by atoms with E-state index < -0.39 is 11.8 Å². The van der Waals surface area contributed by atoms with Crippen LogP contribution in [-0.2, 0) is 4.74 Å². The molecule has 5 nitrogen and oxygen atoms in total. The molecule has 9 heteroatoms. The highest BCUT2D eigenvalue weighted by Gasteiger charge is 2.51. The zero-order valence-corrected chi connectivity index (χ0v) is 101. The molecule has 0 aromatic carbocycles. The van der Waals surface area contributed by atoms with Crippen LogP contribution in [0, 0.1) is 164 Å². The number of methoxy groups -OCH3 is 1. The van der Waals surface area contributed by atoms with E-state index in [1.807, 2.05) is 20.8 Å². The van der Waals surface area contributed by atoms with Gasteiger partial charge < -0.3 is 25.2 Å². The number of aliphatic hydroxyl groups excluding tert-OH is 4. The summed E-state index contributed by atoms with van der Waals surface area (Å²) in [6.07, 6.45) is 42.3. The average Bonchev–Trinajstić information content (AvgIpc) is 1.64. The van der Waals surface area contributed by atoms with Crippen molar-refractivity contribution >= 4 is 0 Å². The van der Waals surface area contributed by atoms with Gasteiger partial charge in [-0.25, -0.2) is 17.6 Å². The molecular weight excluding hydrogens is 1650 g/mol. The number of alkyl halides is 4. The molecule has 7 saturated carbocycles. The second kappa shape index (κ2) is 64.2. The van der Waals surface area contributed by atoms with Crippen LogP contribution in [0.1, 0.15) is 572 Å². The fourth-order valence-electron chi connectivity index (χ4n) is 19.1. The van der Waals surface area contributed by atoms with Gasteiger partial charge in [-0.15, -0.1) is 0 Å². The van der Waals surface area contributed by atoms with Gasteiger partial charge in [-0.05, 0) is 280 Å². The topological polar surface area (TPSA) is 90.2 Å². The summed E-state index contributed by atoms with van der Waals surface area (Å²) in [5.74, 6) is 5.29. The van der Waals surface area contributed by atoms with E-state index in [1.54, 1.807) is 7.11 Å². The summed E-state index contributed by atoms with van der Waals surface area (Å²) in [6, 6.07) is 0. The molecule has 0 amide bonds. The normalized spacial score (nSPS) is 22.5. The van der Waals surface area contributed by atoms with Crippen LogP contribution in [0.2, 0.25) is 0 Å². The predicted molar refractivity (Wildman–Crippen MR) is 591 cm³/mol. The number of hydrogen-bond donors (Lipinski definition) is 4. The van der Waals surface area contributed by atoms with E-state index in [1.165, 1.54) is 141 Å². The number of aliphatic hydroxyl groups is 4. The standard InChI is InChI=1S/C11H22.C10H18F2.C10H20O.C10H22O.C10H20.C10H18.C9H20O.C9H18.C8H14F2.2C8H18O.C8H18.C7H14.C6H14/c1-9-7-5-6-8-10(9)11(2,3)4;1-9(2,3)8-4-6-10(11,12)7-5-8;1-10(2,3)8-4-6-9(11)7-5-8;1-8(2)6-9(7-11)10(3,4)5;2*1-10(2,3)9-7-5-4-6-8-9;1-6-8(7-10-5)9(2,3)4;1-5-9(6-7-9)8(2,3)4;1-7(2,3)6-4-8(9,10)5-6;2*1-5-7(6-9)8(2,3)4;1-6-7(2)8(3,4)5;1-7(2,3)6-4-5-6;1-5-6(2,3)4/h9-10H,5-8H2,1-4H3;8H,4-7H2,1-3H3;8-9,11H,4-7H2,1-3H3;8-9,11H,6-7H2,1-5H3;9H,4-8H2,1-3H3;4-5,9H,6-8H2,1-3H3;8H,6-7H2,1-5H3;5-7H2,1-4H3;6H,4-5H2,1-3H3;2*7,9H,5-6H2,1-4H3;7H,6H2,1-5H3;6H,4-5H2,1-3H3;5H2,1-4H3.